The maximum atomic E-state index is 14.6. The molecule has 13 heteroatoms. The van der Waals surface area contributed by atoms with E-state index in [1.54, 1.807) is 19.2 Å². The number of fused-ring (bicyclic) bond motifs is 2. The van der Waals surface area contributed by atoms with E-state index in [0.717, 1.165) is 28.8 Å². The minimum absolute atomic E-state index is 0.0354. The quantitative estimate of drug-likeness (QED) is 0.171. The highest BCUT2D eigenvalue weighted by atomic mass is 16.7. The van der Waals surface area contributed by atoms with Gasteiger partial charge in [0, 0.05) is 56.6 Å². The molecule has 2 aromatic carbocycles. The van der Waals surface area contributed by atoms with Crippen LogP contribution in [0.4, 0.5) is 10.5 Å². The van der Waals surface area contributed by atoms with Gasteiger partial charge in [-0.1, -0.05) is 39.0 Å². The largest absolute Gasteiger partial charge is 0.496 e. The number of alkyl carbamates (subject to hydrolysis) is 1. The van der Waals surface area contributed by atoms with Gasteiger partial charge in [0.05, 0.1) is 25.7 Å². The molecule has 4 fully saturated rings. The highest BCUT2D eigenvalue weighted by Crippen LogP contribution is 2.61. The molecule has 2 amide bonds. The van der Waals surface area contributed by atoms with Crippen molar-refractivity contribution in [2.24, 2.45) is 34.8 Å². The molecule has 4 aliphatic rings. The maximum Gasteiger partial charge on any atom is 0.407 e. The number of hydrogen-bond donors (Lipinski definition) is 5. The topological polar surface area (TPSA) is 154 Å². The predicted molar refractivity (Wildman–Crippen MR) is 207 cm³/mol. The first-order valence-electron chi connectivity index (χ1n) is 19.0. The molecule has 6 N–H and O–H groups in total. The van der Waals surface area contributed by atoms with Crippen molar-refractivity contribution in [2.75, 3.05) is 66.9 Å². The molecule has 3 aliphatic carbocycles. The Morgan fingerprint density at radius 3 is 2.49 bits per heavy atom. The fourth-order valence-corrected chi connectivity index (χ4v) is 8.90. The van der Waals surface area contributed by atoms with Crippen LogP contribution in [0.25, 0.3) is 11.1 Å². The predicted octanol–water partition coefficient (Wildman–Crippen LogP) is 3.56. The molecular formula is C40H63N7O6. The third kappa shape index (κ3) is 8.60. The van der Waals surface area contributed by atoms with Crippen LogP contribution < -0.4 is 31.3 Å². The Bertz CT molecular complexity index is 1590. The van der Waals surface area contributed by atoms with Crippen molar-refractivity contribution in [1.29, 1.82) is 0 Å². The van der Waals surface area contributed by atoms with Crippen LogP contribution >= 0.6 is 0 Å². The minimum atomic E-state index is -0.853. The van der Waals surface area contributed by atoms with Crippen LogP contribution in [0.3, 0.4) is 0 Å². The Morgan fingerprint density at radius 2 is 1.89 bits per heavy atom. The molecule has 2 bridgehead atoms. The summed E-state index contributed by atoms with van der Waals surface area (Å²) in [6.07, 6.45) is -0.530. The van der Waals surface area contributed by atoms with E-state index in [4.69, 9.17) is 20.0 Å². The number of hydrogen-bond acceptors (Lipinski definition) is 11. The molecule has 3 saturated carbocycles. The van der Waals surface area contributed by atoms with Crippen LogP contribution in [0.1, 0.15) is 57.9 Å². The van der Waals surface area contributed by atoms with Gasteiger partial charge in [-0.15, -0.1) is 0 Å². The number of nitrogens with one attached hydrogen (secondary N) is 3. The van der Waals surface area contributed by atoms with Gasteiger partial charge in [0.1, 0.15) is 24.1 Å². The van der Waals surface area contributed by atoms with Crippen molar-refractivity contribution in [3.8, 4) is 16.9 Å². The summed E-state index contributed by atoms with van der Waals surface area (Å²) in [5.41, 5.74) is 10.7. The molecule has 53 heavy (non-hydrogen) atoms. The van der Waals surface area contributed by atoms with Crippen molar-refractivity contribution >= 4 is 17.7 Å². The minimum Gasteiger partial charge on any atom is -0.496 e. The Labute approximate surface area is 315 Å². The van der Waals surface area contributed by atoms with E-state index in [1.807, 2.05) is 75.2 Å². The van der Waals surface area contributed by atoms with Crippen LogP contribution in [0.2, 0.25) is 0 Å². The van der Waals surface area contributed by atoms with Gasteiger partial charge in [-0.25, -0.2) is 4.79 Å². The number of carbonyl (C=O) groups excluding carboxylic acids is 2. The summed E-state index contributed by atoms with van der Waals surface area (Å²) in [6.45, 7) is 10.2. The van der Waals surface area contributed by atoms with Crippen LogP contribution in [0, 0.1) is 29.1 Å². The lowest BCUT2D eigenvalue weighted by Gasteiger charge is -2.62. The second-order valence-corrected chi connectivity index (χ2v) is 16.3. The smallest absolute Gasteiger partial charge is 0.407 e. The van der Waals surface area contributed by atoms with Crippen LogP contribution in [0.5, 0.6) is 5.75 Å². The SMILES string of the molecule is CNC(O)c1cc(-c2cccc(CN3O[C@@H](CN)[C@@H]([C@H](C)OC(=O)NCCN(C)C)[C@H]3C(=O)N[C@H]3C[C@@H]4C[C@H]([C@@H]3C)C4(C)C)c2OC)cc(N(C)C)c1. The number of carbonyl (C=O) groups is 2. The first kappa shape index (κ1) is 40.7. The second-order valence-electron chi connectivity index (χ2n) is 16.3. The average molecular weight is 738 g/mol. The molecule has 9 atom stereocenters. The lowest BCUT2D eigenvalue weighted by atomic mass is 9.45. The molecule has 1 heterocycles. The third-order valence-electron chi connectivity index (χ3n) is 12.2. The standard InChI is InChI=1S/C40H63N7O6/c1-23-31-19-28(40(31,3)4)20-32(23)44-38(49)35-34(24(2)52-39(50)43-14-15-45(6)7)33(21-41)53-47(35)22-25-12-11-13-30(36(25)51-10)26-16-27(37(48)42-5)18-29(17-26)46(8)9/h11-13,16-18,23-24,28,31-35,37,42,48H,14-15,19-22,41H2,1-10H3,(H,43,50)(H,44,49)/t23-,24-,28-,31+,32-,33-,34+,35-,37?/m0/s1. The summed E-state index contributed by atoms with van der Waals surface area (Å²) >= 11 is 0. The van der Waals surface area contributed by atoms with Crippen molar-refractivity contribution in [1.82, 2.24) is 25.9 Å². The average Bonchev–Trinajstić information content (AvgIpc) is 3.49. The van der Waals surface area contributed by atoms with Gasteiger partial charge in [0.25, 0.3) is 0 Å². The number of likely N-dealkylation sites (N-methyl/N-ethyl adjacent to an activating group) is 1. The Balaban J connectivity index is 1.47. The molecule has 294 valence electrons. The summed E-state index contributed by atoms with van der Waals surface area (Å²) < 4.78 is 12.0. The van der Waals surface area contributed by atoms with E-state index in [-0.39, 0.29) is 30.5 Å². The van der Waals surface area contributed by atoms with Gasteiger partial charge in [0.2, 0.25) is 5.91 Å². The van der Waals surface area contributed by atoms with Crippen LogP contribution in [-0.4, -0.2) is 113 Å². The number of rotatable bonds is 15. The lowest BCUT2D eigenvalue weighted by Crippen LogP contribution is -2.62. The molecule has 2 aromatic rings. The normalized spacial score (nSPS) is 27.5. The number of ether oxygens (including phenoxy) is 2. The molecule has 1 unspecified atom stereocenters. The van der Waals surface area contributed by atoms with Crippen LogP contribution in [0.15, 0.2) is 36.4 Å². The summed E-state index contributed by atoms with van der Waals surface area (Å²) in [5.74, 6) is 1.37. The fraction of sp³-hybridized carbons (Fsp3) is 0.650. The highest BCUT2D eigenvalue weighted by Gasteiger charge is 2.57. The van der Waals surface area contributed by atoms with Gasteiger partial charge in [0.15, 0.2) is 0 Å². The molecular weight excluding hydrogens is 674 g/mol. The van der Waals surface area contributed by atoms with Crippen molar-refractivity contribution in [3.05, 3.63) is 47.5 Å². The van der Waals surface area contributed by atoms with Gasteiger partial charge in [-0.3, -0.25) is 14.9 Å². The first-order valence-corrected chi connectivity index (χ1v) is 19.0. The fourth-order valence-electron chi connectivity index (χ4n) is 8.90. The zero-order chi connectivity index (χ0) is 38.8. The number of nitrogens with two attached hydrogens (primary N) is 1. The van der Waals surface area contributed by atoms with E-state index in [9.17, 15) is 14.7 Å². The molecule has 0 spiro atoms. The van der Waals surface area contributed by atoms with E-state index >= 15 is 0 Å². The lowest BCUT2D eigenvalue weighted by molar-refractivity contribution is -0.175. The molecule has 0 aromatic heterocycles. The molecule has 13 nitrogen and oxygen atoms in total. The number of aliphatic hydroxyl groups is 1. The number of methoxy groups -OCH3 is 1. The van der Waals surface area contributed by atoms with Gasteiger partial charge >= 0.3 is 6.09 Å². The maximum absolute atomic E-state index is 14.6. The Morgan fingerprint density at radius 1 is 1.15 bits per heavy atom. The number of nitrogens with zero attached hydrogens (tertiary/aromatic N) is 3. The van der Waals surface area contributed by atoms with Gasteiger partial charge in [-0.05, 0) is 93.4 Å². The zero-order valence-electron chi connectivity index (χ0n) is 33.3. The monoisotopic (exact) mass is 737 g/mol. The number of benzene rings is 2. The van der Waals surface area contributed by atoms with E-state index < -0.39 is 36.5 Å². The third-order valence-corrected chi connectivity index (χ3v) is 12.2. The number of amides is 2. The molecule has 6 rings (SSSR count). The summed E-state index contributed by atoms with van der Waals surface area (Å²) in [5, 5.41) is 21.6. The van der Waals surface area contributed by atoms with Crippen molar-refractivity contribution < 1.29 is 29.0 Å². The van der Waals surface area contributed by atoms with E-state index in [1.165, 1.54) is 6.42 Å². The first-order chi connectivity index (χ1) is 25.1. The Kier molecular flexibility index (Phi) is 13.0. The number of hydroxylamine groups is 2. The van der Waals surface area contributed by atoms with Gasteiger partial charge in [-0.2, -0.15) is 5.06 Å². The molecule has 1 saturated heterocycles. The number of anilines is 1. The summed E-state index contributed by atoms with van der Waals surface area (Å²) in [7, 11) is 11.1. The van der Waals surface area contributed by atoms with Crippen LogP contribution in [-0.2, 0) is 20.9 Å². The molecule has 1 aliphatic heterocycles. The second kappa shape index (κ2) is 16.9. The number of aliphatic hydroxyl groups excluding tert-OH is 1. The van der Waals surface area contributed by atoms with E-state index in [2.05, 4.69) is 42.8 Å². The van der Waals surface area contributed by atoms with E-state index in [0.29, 0.717) is 42.2 Å². The Hall–Kier alpha value is -3.46. The summed E-state index contributed by atoms with van der Waals surface area (Å²) in [6, 6.07) is 11.1. The highest BCUT2D eigenvalue weighted by molar-refractivity contribution is 5.83. The van der Waals surface area contributed by atoms with Crippen molar-refractivity contribution in [2.45, 2.75) is 77.6 Å². The zero-order valence-corrected chi connectivity index (χ0v) is 33.3. The van der Waals surface area contributed by atoms with Crippen molar-refractivity contribution in [3.63, 3.8) is 0 Å². The number of para-hydroxylation sites is 1. The van der Waals surface area contributed by atoms with Gasteiger partial charge < -0.3 is 40.7 Å². The summed E-state index contributed by atoms with van der Waals surface area (Å²) in [4.78, 5) is 38.1. The molecule has 0 radical (unpaired) electrons.